The van der Waals surface area contributed by atoms with E-state index in [0.717, 1.165) is 49.2 Å². The lowest BCUT2D eigenvalue weighted by atomic mass is 9.48. The van der Waals surface area contributed by atoms with E-state index in [4.69, 9.17) is 4.74 Å². The first-order valence-electron chi connectivity index (χ1n) is 13.5. The van der Waals surface area contributed by atoms with Gasteiger partial charge in [0.05, 0.1) is 22.4 Å². The van der Waals surface area contributed by atoms with Crippen LogP contribution in [0.15, 0.2) is 41.2 Å². The smallest absolute Gasteiger partial charge is 0.312 e. The first kappa shape index (κ1) is 24.9. The number of ketones is 1. The van der Waals surface area contributed by atoms with E-state index in [1.807, 2.05) is 67.4 Å². The van der Waals surface area contributed by atoms with E-state index in [0.29, 0.717) is 35.2 Å². The van der Waals surface area contributed by atoms with Gasteiger partial charge in [-0.1, -0.05) is 18.2 Å². The van der Waals surface area contributed by atoms with Crippen LogP contribution >= 0.6 is 0 Å². The summed E-state index contributed by atoms with van der Waals surface area (Å²) in [5.74, 6) is 0.0740. The molecule has 0 spiro atoms. The standard InChI is InChI=1S/C30H35N3O5/c1-18-10-24(19(2)32(18)26-20(3)31(4)33(27(26)35)23-8-6-5-7-9-23)25(34)16-38-28(36)29-12-21-11-22(13-29)15-30(37,14-21)17-29/h5-10,21-22,37H,11-17H2,1-4H3/t21-,22-,29?,30?/m0/s1. The molecule has 4 aliphatic carbocycles. The monoisotopic (exact) mass is 517 g/mol. The summed E-state index contributed by atoms with van der Waals surface area (Å²) < 4.78 is 10.9. The number of aliphatic hydroxyl groups is 1. The highest BCUT2D eigenvalue weighted by atomic mass is 16.5. The number of hydrogen-bond acceptors (Lipinski definition) is 5. The van der Waals surface area contributed by atoms with Gasteiger partial charge < -0.3 is 14.4 Å². The number of aryl methyl sites for hydroxylation is 1. The van der Waals surface area contributed by atoms with E-state index in [2.05, 4.69) is 0 Å². The number of nitrogens with zero attached hydrogens (tertiary/aromatic N) is 3. The van der Waals surface area contributed by atoms with Crippen LogP contribution in [0.3, 0.4) is 0 Å². The van der Waals surface area contributed by atoms with Crippen LogP contribution in [0.2, 0.25) is 0 Å². The number of carbonyl (C=O) groups is 2. The zero-order valence-corrected chi connectivity index (χ0v) is 22.5. The van der Waals surface area contributed by atoms with Gasteiger partial charge in [-0.3, -0.25) is 19.1 Å². The molecule has 0 unspecified atom stereocenters. The number of hydrogen-bond donors (Lipinski definition) is 1. The number of Topliss-reactive ketones (excluding diaryl/α,β-unsaturated/α-hetero) is 1. The van der Waals surface area contributed by atoms with Crippen molar-refractivity contribution >= 4 is 11.8 Å². The zero-order chi connectivity index (χ0) is 27.0. The Morgan fingerprint density at radius 2 is 1.68 bits per heavy atom. The molecule has 0 aliphatic heterocycles. The third kappa shape index (κ3) is 3.72. The van der Waals surface area contributed by atoms with Gasteiger partial charge in [0.15, 0.2) is 6.61 Å². The summed E-state index contributed by atoms with van der Waals surface area (Å²) in [6.45, 7) is 5.22. The molecule has 200 valence electrons. The number of aromatic nitrogens is 3. The topological polar surface area (TPSA) is 95.5 Å². The van der Waals surface area contributed by atoms with Crippen molar-refractivity contribution in [2.75, 3.05) is 6.61 Å². The van der Waals surface area contributed by atoms with Crippen molar-refractivity contribution in [1.82, 2.24) is 13.9 Å². The maximum Gasteiger partial charge on any atom is 0.312 e. The molecule has 38 heavy (non-hydrogen) atoms. The number of benzene rings is 1. The van der Waals surface area contributed by atoms with Gasteiger partial charge >= 0.3 is 5.97 Å². The highest BCUT2D eigenvalue weighted by Gasteiger charge is 2.61. The Balaban J connectivity index is 1.25. The zero-order valence-electron chi connectivity index (χ0n) is 22.5. The fourth-order valence-corrected chi connectivity index (χ4v) is 8.02. The maximum absolute atomic E-state index is 13.6. The van der Waals surface area contributed by atoms with Crippen LogP contribution in [0.25, 0.3) is 11.4 Å². The molecule has 3 aromatic rings. The van der Waals surface area contributed by atoms with E-state index >= 15 is 0 Å². The Hall–Kier alpha value is -3.39. The molecule has 2 aromatic heterocycles. The van der Waals surface area contributed by atoms with Crippen molar-refractivity contribution in [1.29, 1.82) is 0 Å². The fourth-order valence-electron chi connectivity index (χ4n) is 8.02. The second-order valence-electron chi connectivity index (χ2n) is 12.0. The van der Waals surface area contributed by atoms with Gasteiger partial charge in [0, 0.05) is 24.0 Å². The summed E-state index contributed by atoms with van der Waals surface area (Å²) in [5.41, 5.74) is 2.24. The lowest BCUT2D eigenvalue weighted by Gasteiger charge is -2.58. The summed E-state index contributed by atoms with van der Waals surface area (Å²) in [5, 5.41) is 11.0. The number of carbonyl (C=O) groups excluding carboxylic acids is 2. The minimum atomic E-state index is -0.766. The minimum Gasteiger partial charge on any atom is -0.457 e. The number of esters is 1. The predicted molar refractivity (Wildman–Crippen MR) is 142 cm³/mol. The molecule has 4 saturated carbocycles. The molecule has 8 nitrogen and oxygen atoms in total. The SMILES string of the molecule is Cc1cc(C(=O)COC(=O)C23C[C@@H]4C[C@H](CC(O)(C4)C2)C3)c(C)n1-c1c(C)n(C)n(-c2ccccc2)c1=O. The average Bonchev–Trinajstić information content (AvgIpc) is 3.26. The summed E-state index contributed by atoms with van der Waals surface area (Å²) in [7, 11) is 1.84. The van der Waals surface area contributed by atoms with Crippen molar-refractivity contribution in [2.24, 2.45) is 24.3 Å². The lowest BCUT2D eigenvalue weighted by molar-refractivity contribution is -0.195. The van der Waals surface area contributed by atoms with Gasteiger partial charge in [-0.15, -0.1) is 0 Å². The Morgan fingerprint density at radius 3 is 2.32 bits per heavy atom. The summed E-state index contributed by atoms with van der Waals surface area (Å²) >= 11 is 0. The van der Waals surface area contributed by atoms with Crippen LogP contribution in [-0.4, -0.2) is 43.0 Å². The van der Waals surface area contributed by atoms with Gasteiger partial charge in [-0.25, -0.2) is 4.68 Å². The second-order valence-corrected chi connectivity index (χ2v) is 12.0. The molecule has 0 saturated heterocycles. The average molecular weight is 518 g/mol. The molecule has 4 bridgehead atoms. The van der Waals surface area contributed by atoms with Gasteiger partial charge in [0.2, 0.25) is 5.78 Å². The maximum atomic E-state index is 13.6. The first-order valence-corrected chi connectivity index (χ1v) is 13.5. The quantitative estimate of drug-likeness (QED) is 0.395. The molecule has 8 heteroatoms. The molecular weight excluding hydrogens is 482 g/mol. The molecular formula is C30H35N3O5. The van der Waals surface area contributed by atoms with E-state index < -0.39 is 11.0 Å². The van der Waals surface area contributed by atoms with Crippen LogP contribution in [0.1, 0.15) is 66.0 Å². The van der Waals surface area contributed by atoms with Crippen LogP contribution in [0, 0.1) is 38.0 Å². The summed E-state index contributed by atoms with van der Waals surface area (Å²) in [6, 6.07) is 11.2. The molecule has 1 N–H and O–H groups in total. The molecule has 4 fully saturated rings. The van der Waals surface area contributed by atoms with Gasteiger partial charge in [0.25, 0.3) is 5.56 Å². The van der Waals surface area contributed by atoms with E-state index in [1.54, 1.807) is 10.7 Å². The minimum absolute atomic E-state index is 0.178. The molecule has 4 aliphatic rings. The second kappa shape index (κ2) is 8.56. The fraction of sp³-hybridized carbons (Fsp3) is 0.500. The van der Waals surface area contributed by atoms with E-state index in [1.165, 1.54) is 0 Å². The van der Waals surface area contributed by atoms with E-state index in [-0.39, 0.29) is 23.9 Å². The highest BCUT2D eigenvalue weighted by Crippen LogP contribution is 2.62. The Kier molecular flexibility index (Phi) is 5.61. The molecule has 0 radical (unpaired) electrons. The summed E-state index contributed by atoms with van der Waals surface area (Å²) in [6.07, 6.45) is 4.55. The van der Waals surface area contributed by atoms with Crippen molar-refractivity contribution < 1.29 is 19.4 Å². The molecule has 7 rings (SSSR count). The highest BCUT2D eigenvalue weighted by molar-refractivity contribution is 5.99. The predicted octanol–water partition coefficient (Wildman–Crippen LogP) is 3.95. The largest absolute Gasteiger partial charge is 0.457 e. The summed E-state index contributed by atoms with van der Waals surface area (Å²) in [4.78, 5) is 40.2. The Bertz CT molecular complexity index is 1490. The number of ether oxygens (including phenoxy) is 1. The first-order chi connectivity index (χ1) is 18.0. The van der Waals surface area contributed by atoms with Crippen molar-refractivity contribution in [3.05, 3.63) is 69.4 Å². The van der Waals surface area contributed by atoms with Crippen LogP contribution in [0.5, 0.6) is 0 Å². The van der Waals surface area contributed by atoms with E-state index in [9.17, 15) is 19.5 Å². The molecule has 2 heterocycles. The van der Waals surface area contributed by atoms with Crippen LogP contribution < -0.4 is 5.56 Å². The number of para-hydroxylation sites is 1. The van der Waals surface area contributed by atoms with Gasteiger partial charge in [-0.2, -0.15) is 0 Å². The normalized spacial score (nSPS) is 27.6. The third-order valence-corrected chi connectivity index (χ3v) is 9.28. The Morgan fingerprint density at radius 1 is 1.03 bits per heavy atom. The van der Waals surface area contributed by atoms with Crippen molar-refractivity contribution in [3.63, 3.8) is 0 Å². The van der Waals surface area contributed by atoms with Crippen molar-refractivity contribution in [3.8, 4) is 11.4 Å². The Labute approximate surface area is 221 Å². The van der Waals surface area contributed by atoms with Crippen molar-refractivity contribution in [2.45, 2.75) is 64.9 Å². The van der Waals surface area contributed by atoms with Crippen LogP contribution in [0.4, 0.5) is 0 Å². The third-order valence-electron chi connectivity index (χ3n) is 9.28. The van der Waals surface area contributed by atoms with Gasteiger partial charge in [-0.05, 0) is 89.3 Å². The lowest BCUT2D eigenvalue weighted by Crippen LogP contribution is -2.58. The van der Waals surface area contributed by atoms with Gasteiger partial charge in [0.1, 0.15) is 5.69 Å². The van der Waals surface area contributed by atoms with Crippen LogP contribution in [-0.2, 0) is 16.6 Å². The molecule has 2 atom stereocenters. The molecule has 1 aromatic carbocycles. The number of rotatable bonds is 6. The molecule has 0 amide bonds.